The summed E-state index contributed by atoms with van der Waals surface area (Å²) in [6.45, 7) is 2.55. The van der Waals surface area contributed by atoms with E-state index in [-0.39, 0.29) is 5.91 Å². The predicted octanol–water partition coefficient (Wildman–Crippen LogP) is 4.51. The van der Waals surface area contributed by atoms with Crippen LogP contribution in [0.4, 0.5) is 5.95 Å². The van der Waals surface area contributed by atoms with Crippen LogP contribution in [0.5, 0.6) is 11.5 Å². The molecule has 3 rings (SSSR count). The number of aromatic nitrogens is 3. The molecule has 3 aromatic rings. The van der Waals surface area contributed by atoms with Gasteiger partial charge in [0, 0.05) is 17.3 Å². The van der Waals surface area contributed by atoms with Crippen molar-refractivity contribution in [3.63, 3.8) is 0 Å². The molecule has 1 amide bonds. The van der Waals surface area contributed by atoms with Gasteiger partial charge in [-0.25, -0.2) is 0 Å². The van der Waals surface area contributed by atoms with Crippen molar-refractivity contribution in [2.24, 2.45) is 0 Å². The first-order valence-electron chi connectivity index (χ1n) is 8.90. The van der Waals surface area contributed by atoms with E-state index in [1.165, 1.54) is 26.0 Å². The minimum atomic E-state index is -0.385. The second kappa shape index (κ2) is 9.67. The van der Waals surface area contributed by atoms with E-state index in [1.54, 1.807) is 18.2 Å². The number of hydrogen-bond donors (Lipinski definition) is 1. The van der Waals surface area contributed by atoms with Crippen molar-refractivity contribution in [3.8, 4) is 11.5 Å². The Balaban J connectivity index is 1.81. The number of amides is 1. The second-order valence-electron chi connectivity index (χ2n) is 5.92. The SMILES string of the molecule is CCn1c(NC(=O)c2c(OC)cccc2OC)nnc1SCc1ccccc1Cl. The molecular formula is C20H21ClN4O3S. The average Bonchev–Trinajstić information content (AvgIpc) is 3.13. The van der Waals surface area contributed by atoms with Gasteiger partial charge >= 0.3 is 0 Å². The van der Waals surface area contributed by atoms with E-state index in [2.05, 4.69) is 15.5 Å². The standard InChI is InChI=1S/C20H21ClN4O3S/c1-4-25-19(22-18(26)17-15(27-2)10-7-11-16(17)28-3)23-24-20(25)29-12-13-8-5-6-9-14(13)21/h5-11H,4,12H2,1-3H3,(H,22,23,26). The molecule has 1 N–H and O–H groups in total. The van der Waals surface area contributed by atoms with Crippen LogP contribution >= 0.6 is 23.4 Å². The quantitative estimate of drug-likeness (QED) is 0.527. The number of methoxy groups -OCH3 is 2. The third-order valence-corrected chi connectivity index (χ3v) is 5.61. The van der Waals surface area contributed by atoms with E-state index in [0.717, 1.165) is 5.56 Å². The molecule has 0 saturated carbocycles. The summed E-state index contributed by atoms with van der Waals surface area (Å²) in [5.41, 5.74) is 1.31. The van der Waals surface area contributed by atoms with Crippen LogP contribution in [0.2, 0.25) is 5.02 Å². The summed E-state index contributed by atoms with van der Waals surface area (Å²) in [5.74, 6) is 1.44. The third-order valence-electron chi connectivity index (χ3n) is 4.23. The topological polar surface area (TPSA) is 78.3 Å². The highest BCUT2D eigenvalue weighted by Crippen LogP contribution is 2.30. The van der Waals surface area contributed by atoms with Crippen molar-refractivity contribution < 1.29 is 14.3 Å². The minimum Gasteiger partial charge on any atom is -0.496 e. The molecule has 0 aliphatic heterocycles. The maximum Gasteiger partial charge on any atom is 0.265 e. The Labute approximate surface area is 178 Å². The highest BCUT2D eigenvalue weighted by atomic mass is 35.5. The molecule has 0 aliphatic carbocycles. The summed E-state index contributed by atoms with van der Waals surface area (Å²) >= 11 is 7.73. The fraction of sp³-hybridized carbons (Fsp3) is 0.250. The predicted molar refractivity (Wildman–Crippen MR) is 114 cm³/mol. The summed E-state index contributed by atoms with van der Waals surface area (Å²) in [6, 6.07) is 12.8. The van der Waals surface area contributed by atoms with Crippen LogP contribution in [0.3, 0.4) is 0 Å². The Morgan fingerprint density at radius 3 is 2.41 bits per heavy atom. The zero-order chi connectivity index (χ0) is 20.8. The maximum absolute atomic E-state index is 12.9. The van der Waals surface area contributed by atoms with Gasteiger partial charge in [-0.15, -0.1) is 10.2 Å². The molecule has 9 heteroatoms. The van der Waals surface area contributed by atoms with Gasteiger partial charge in [0.05, 0.1) is 14.2 Å². The molecule has 0 spiro atoms. The maximum atomic E-state index is 12.9. The number of hydrogen-bond acceptors (Lipinski definition) is 6. The molecule has 0 aliphatic rings. The van der Waals surface area contributed by atoms with Crippen molar-refractivity contribution >= 4 is 35.2 Å². The lowest BCUT2D eigenvalue weighted by molar-refractivity contribution is 0.101. The summed E-state index contributed by atoms with van der Waals surface area (Å²) in [7, 11) is 3.01. The first-order chi connectivity index (χ1) is 14.1. The molecule has 0 bridgehead atoms. The monoisotopic (exact) mass is 432 g/mol. The molecule has 152 valence electrons. The molecule has 0 saturated heterocycles. The van der Waals surface area contributed by atoms with Crippen molar-refractivity contribution in [2.45, 2.75) is 24.4 Å². The molecule has 0 unspecified atom stereocenters. The number of anilines is 1. The number of nitrogens with one attached hydrogen (secondary N) is 1. The average molecular weight is 433 g/mol. The van der Waals surface area contributed by atoms with Crippen LogP contribution in [0.15, 0.2) is 47.6 Å². The number of carbonyl (C=O) groups is 1. The molecule has 29 heavy (non-hydrogen) atoms. The van der Waals surface area contributed by atoms with Gasteiger partial charge in [-0.05, 0) is 30.7 Å². The number of benzene rings is 2. The minimum absolute atomic E-state index is 0.299. The van der Waals surface area contributed by atoms with Crippen molar-refractivity contribution in [2.75, 3.05) is 19.5 Å². The molecule has 1 heterocycles. The smallest absolute Gasteiger partial charge is 0.265 e. The Morgan fingerprint density at radius 2 is 1.79 bits per heavy atom. The normalized spacial score (nSPS) is 10.6. The van der Waals surface area contributed by atoms with E-state index in [0.29, 0.717) is 45.5 Å². The number of carbonyl (C=O) groups excluding carboxylic acids is 1. The first-order valence-corrected chi connectivity index (χ1v) is 10.3. The van der Waals surface area contributed by atoms with E-state index in [4.69, 9.17) is 21.1 Å². The highest BCUT2D eigenvalue weighted by molar-refractivity contribution is 7.98. The van der Waals surface area contributed by atoms with Crippen molar-refractivity contribution in [1.29, 1.82) is 0 Å². The van der Waals surface area contributed by atoms with E-state index in [9.17, 15) is 4.79 Å². The highest BCUT2D eigenvalue weighted by Gasteiger charge is 2.21. The van der Waals surface area contributed by atoms with Gasteiger partial charge in [0.25, 0.3) is 5.91 Å². The molecule has 0 atom stereocenters. The zero-order valence-corrected chi connectivity index (χ0v) is 17.9. The summed E-state index contributed by atoms with van der Waals surface area (Å²) in [5, 5.41) is 12.6. The number of nitrogens with zero attached hydrogens (tertiary/aromatic N) is 3. The number of rotatable bonds is 8. The van der Waals surface area contributed by atoms with Crippen LogP contribution in [0, 0.1) is 0 Å². The molecule has 1 aromatic heterocycles. The largest absolute Gasteiger partial charge is 0.496 e. The van der Waals surface area contributed by atoms with E-state index in [1.807, 2.05) is 35.8 Å². The van der Waals surface area contributed by atoms with Crippen LogP contribution < -0.4 is 14.8 Å². The van der Waals surface area contributed by atoms with Gasteiger partial charge in [0.15, 0.2) is 5.16 Å². The lowest BCUT2D eigenvalue weighted by Crippen LogP contribution is -2.18. The molecule has 0 fully saturated rings. The Kier molecular flexibility index (Phi) is 7.00. The lowest BCUT2D eigenvalue weighted by Gasteiger charge is -2.13. The van der Waals surface area contributed by atoms with Gasteiger partial charge in [-0.3, -0.25) is 14.7 Å². The number of ether oxygens (including phenoxy) is 2. The molecular weight excluding hydrogens is 412 g/mol. The summed E-state index contributed by atoms with van der Waals surface area (Å²) in [4.78, 5) is 12.9. The fourth-order valence-electron chi connectivity index (χ4n) is 2.77. The first kappa shape index (κ1) is 21.0. The van der Waals surface area contributed by atoms with Gasteiger partial charge in [0.2, 0.25) is 5.95 Å². The molecule has 0 radical (unpaired) electrons. The van der Waals surface area contributed by atoms with Gasteiger partial charge in [-0.1, -0.05) is 47.6 Å². The number of halogens is 1. The molecule has 2 aromatic carbocycles. The van der Waals surface area contributed by atoms with Gasteiger partial charge < -0.3 is 9.47 Å². The van der Waals surface area contributed by atoms with Crippen LogP contribution in [0.1, 0.15) is 22.8 Å². The Morgan fingerprint density at radius 1 is 1.10 bits per heavy atom. The fourth-order valence-corrected chi connectivity index (χ4v) is 4.06. The van der Waals surface area contributed by atoms with Crippen LogP contribution in [0.25, 0.3) is 0 Å². The zero-order valence-electron chi connectivity index (χ0n) is 16.3. The Bertz CT molecular complexity index is 987. The molecule has 7 nitrogen and oxygen atoms in total. The summed E-state index contributed by atoms with van der Waals surface area (Å²) in [6.07, 6.45) is 0. The van der Waals surface area contributed by atoms with Gasteiger partial charge in [-0.2, -0.15) is 0 Å². The summed E-state index contributed by atoms with van der Waals surface area (Å²) < 4.78 is 12.4. The lowest BCUT2D eigenvalue weighted by atomic mass is 10.1. The van der Waals surface area contributed by atoms with E-state index < -0.39 is 0 Å². The third kappa shape index (κ3) is 4.65. The van der Waals surface area contributed by atoms with Crippen LogP contribution in [-0.4, -0.2) is 34.9 Å². The second-order valence-corrected chi connectivity index (χ2v) is 7.27. The van der Waals surface area contributed by atoms with Crippen molar-refractivity contribution in [1.82, 2.24) is 14.8 Å². The van der Waals surface area contributed by atoms with Gasteiger partial charge in [0.1, 0.15) is 17.1 Å². The number of thioether (sulfide) groups is 1. The van der Waals surface area contributed by atoms with Crippen molar-refractivity contribution in [3.05, 3.63) is 58.6 Å². The van der Waals surface area contributed by atoms with Crippen LogP contribution in [-0.2, 0) is 12.3 Å². The van der Waals surface area contributed by atoms with E-state index >= 15 is 0 Å². The Hall–Kier alpha value is -2.71.